The number of aryl methyl sites for hydroxylation is 1. The van der Waals surface area contributed by atoms with Crippen molar-refractivity contribution in [3.63, 3.8) is 0 Å². The van der Waals surface area contributed by atoms with Crippen molar-refractivity contribution < 1.29 is 10.2 Å². The third-order valence-corrected chi connectivity index (χ3v) is 3.98. The van der Waals surface area contributed by atoms with Gasteiger partial charge in [0.2, 0.25) is 0 Å². The number of unbranched alkanes of at least 4 members (excludes halogenated alkanes) is 2. The van der Waals surface area contributed by atoms with Gasteiger partial charge >= 0.3 is 0 Å². The van der Waals surface area contributed by atoms with Crippen molar-refractivity contribution in [2.75, 3.05) is 0 Å². The second kappa shape index (κ2) is 10.2. The highest BCUT2D eigenvalue weighted by Gasteiger charge is 1.97. The number of rotatable bonds is 5. The Morgan fingerprint density at radius 2 is 1.08 bits per heavy atom. The lowest BCUT2D eigenvalue weighted by atomic mass is 10.1. The summed E-state index contributed by atoms with van der Waals surface area (Å²) in [6, 6.07) is 24.6. The quantitative estimate of drug-likeness (QED) is 0.547. The Hall–Kier alpha value is -2.74. The molecule has 3 aromatic carbocycles. The van der Waals surface area contributed by atoms with E-state index in [9.17, 15) is 0 Å². The minimum absolute atomic E-state index is 0.257. The standard InChI is InChI=1S/C12H10O2.C11H16/c13-11-5-1-9(2-6-11)10-3-7-12(14)8-4-10;1-2-3-5-8-11-9-6-4-7-10-11/h1-8,13-14H;4,6-7,9-10H,2-3,5,8H2,1H3. The largest absolute Gasteiger partial charge is 0.508 e. The Morgan fingerprint density at radius 3 is 1.52 bits per heavy atom. The molecular formula is C23H26O2. The van der Waals surface area contributed by atoms with Crippen LogP contribution in [0.4, 0.5) is 0 Å². The van der Waals surface area contributed by atoms with Crippen molar-refractivity contribution >= 4 is 0 Å². The van der Waals surface area contributed by atoms with Crippen LogP contribution in [0.3, 0.4) is 0 Å². The highest BCUT2D eigenvalue weighted by Crippen LogP contribution is 2.23. The van der Waals surface area contributed by atoms with Gasteiger partial charge < -0.3 is 10.2 Å². The van der Waals surface area contributed by atoms with Crippen molar-refractivity contribution in [3.8, 4) is 22.6 Å². The van der Waals surface area contributed by atoms with E-state index in [1.165, 1.54) is 31.2 Å². The molecule has 2 heteroatoms. The van der Waals surface area contributed by atoms with Gasteiger partial charge in [-0.2, -0.15) is 0 Å². The summed E-state index contributed by atoms with van der Waals surface area (Å²) in [5.74, 6) is 0.514. The summed E-state index contributed by atoms with van der Waals surface area (Å²) in [6.45, 7) is 2.24. The highest BCUT2D eigenvalue weighted by atomic mass is 16.3. The van der Waals surface area contributed by atoms with Gasteiger partial charge in [0, 0.05) is 0 Å². The van der Waals surface area contributed by atoms with E-state index in [4.69, 9.17) is 10.2 Å². The first-order chi connectivity index (χ1) is 12.2. The number of phenols is 2. The summed E-state index contributed by atoms with van der Waals surface area (Å²) in [6.07, 6.45) is 5.25. The maximum Gasteiger partial charge on any atom is 0.115 e. The van der Waals surface area contributed by atoms with E-state index in [-0.39, 0.29) is 11.5 Å². The minimum Gasteiger partial charge on any atom is -0.508 e. The molecule has 25 heavy (non-hydrogen) atoms. The number of benzene rings is 3. The topological polar surface area (TPSA) is 40.5 Å². The number of aromatic hydroxyl groups is 2. The third kappa shape index (κ3) is 6.72. The third-order valence-electron chi connectivity index (χ3n) is 3.98. The van der Waals surface area contributed by atoms with Gasteiger partial charge in [-0.3, -0.25) is 0 Å². The molecule has 0 unspecified atom stereocenters. The molecule has 0 aromatic heterocycles. The molecule has 2 N–H and O–H groups in total. The summed E-state index contributed by atoms with van der Waals surface area (Å²) < 4.78 is 0. The van der Waals surface area contributed by atoms with Crippen LogP contribution in [0.25, 0.3) is 11.1 Å². The van der Waals surface area contributed by atoms with Crippen LogP contribution in [0.1, 0.15) is 31.7 Å². The molecule has 0 heterocycles. The van der Waals surface area contributed by atoms with Crippen LogP contribution in [0, 0.1) is 0 Å². The van der Waals surface area contributed by atoms with Crippen LogP contribution in [-0.2, 0) is 6.42 Å². The molecule has 0 saturated heterocycles. The number of hydrogen-bond acceptors (Lipinski definition) is 2. The molecule has 0 saturated carbocycles. The average Bonchev–Trinajstić information content (AvgIpc) is 2.65. The van der Waals surface area contributed by atoms with Gasteiger partial charge in [0.25, 0.3) is 0 Å². The molecule has 0 aliphatic rings. The van der Waals surface area contributed by atoms with Crippen molar-refractivity contribution in [1.29, 1.82) is 0 Å². The van der Waals surface area contributed by atoms with Crippen molar-refractivity contribution in [2.45, 2.75) is 32.6 Å². The van der Waals surface area contributed by atoms with Gasteiger partial charge in [0.15, 0.2) is 0 Å². The van der Waals surface area contributed by atoms with Crippen LogP contribution >= 0.6 is 0 Å². The SMILES string of the molecule is CCCCCc1ccccc1.Oc1ccc(-c2ccc(O)cc2)cc1. The zero-order chi connectivity index (χ0) is 17.9. The first kappa shape index (κ1) is 18.6. The first-order valence-corrected chi connectivity index (χ1v) is 8.81. The molecule has 0 aliphatic carbocycles. The monoisotopic (exact) mass is 334 g/mol. The molecule has 130 valence electrons. The highest BCUT2D eigenvalue weighted by molar-refractivity contribution is 5.64. The zero-order valence-electron chi connectivity index (χ0n) is 14.7. The fourth-order valence-electron chi connectivity index (χ4n) is 2.53. The lowest BCUT2D eigenvalue weighted by Crippen LogP contribution is -1.83. The Kier molecular flexibility index (Phi) is 7.58. The molecule has 3 aromatic rings. The molecule has 0 atom stereocenters. The van der Waals surface area contributed by atoms with Gasteiger partial charge in [0.05, 0.1) is 0 Å². The van der Waals surface area contributed by atoms with Gasteiger partial charge in [-0.25, -0.2) is 0 Å². The van der Waals surface area contributed by atoms with E-state index >= 15 is 0 Å². The van der Waals surface area contributed by atoms with Crippen molar-refractivity contribution in [3.05, 3.63) is 84.4 Å². The van der Waals surface area contributed by atoms with Gasteiger partial charge in [-0.05, 0) is 53.8 Å². The summed E-state index contributed by atoms with van der Waals surface area (Å²) in [5, 5.41) is 18.2. The van der Waals surface area contributed by atoms with E-state index < -0.39 is 0 Å². The van der Waals surface area contributed by atoms with Crippen molar-refractivity contribution in [2.24, 2.45) is 0 Å². The Bertz CT molecular complexity index is 673. The summed E-state index contributed by atoms with van der Waals surface area (Å²) in [4.78, 5) is 0. The predicted octanol–water partition coefficient (Wildman–Crippen LogP) is 6.18. The number of hydrogen-bond donors (Lipinski definition) is 2. The maximum atomic E-state index is 9.11. The van der Waals surface area contributed by atoms with Crippen molar-refractivity contribution in [1.82, 2.24) is 0 Å². The zero-order valence-corrected chi connectivity index (χ0v) is 14.7. The van der Waals surface area contributed by atoms with E-state index in [1.807, 2.05) is 24.3 Å². The minimum atomic E-state index is 0.257. The number of phenolic OH excluding ortho intramolecular Hbond substituents is 2. The lowest BCUT2D eigenvalue weighted by Gasteiger charge is -2.01. The normalized spacial score (nSPS) is 9.96. The first-order valence-electron chi connectivity index (χ1n) is 8.81. The van der Waals surface area contributed by atoms with E-state index in [2.05, 4.69) is 37.3 Å². The Balaban J connectivity index is 0.000000186. The fourth-order valence-corrected chi connectivity index (χ4v) is 2.53. The molecule has 0 amide bonds. The summed E-state index contributed by atoms with van der Waals surface area (Å²) in [5.41, 5.74) is 3.51. The second-order valence-electron chi connectivity index (χ2n) is 6.04. The molecule has 0 aliphatic heterocycles. The van der Waals surface area contributed by atoms with E-state index in [0.717, 1.165) is 11.1 Å². The van der Waals surface area contributed by atoms with Crippen LogP contribution < -0.4 is 0 Å². The Labute approximate surface area is 150 Å². The maximum absolute atomic E-state index is 9.11. The molecule has 0 radical (unpaired) electrons. The molecule has 3 rings (SSSR count). The van der Waals surface area contributed by atoms with Crippen LogP contribution in [-0.4, -0.2) is 10.2 Å². The van der Waals surface area contributed by atoms with Crippen LogP contribution in [0.5, 0.6) is 11.5 Å². The van der Waals surface area contributed by atoms with Crippen LogP contribution in [0.15, 0.2) is 78.9 Å². The lowest BCUT2D eigenvalue weighted by molar-refractivity contribution is 0.474. The van der Waals surface area contributed by atoms with Gasteiger partial charge in [-0.1, -0.05) is 74.4 Å². The van der Waals surface area contributed by atoms with Gasteiger partial charge in [-0.15, -0.1) is 0 Å². The average molecular weight is 334 g/mol. The second-order valence-corrected chi connectivity index (χ2v) is 6.04. The predicted molar refractivity (Wildman–Crippen MR) is 105 cm³/mol. The summed E-state index contributed by atoms with van der Waals surface area (Å²) >= 11 is 0. The molecule has 0 bridgehead atoms. The van der Waals surface area contributed by atoms with E-state index in [0.29, 0.717) is 0 Å². The fraction of sp³-hybridized carbons (Fsp3) is 0.217. The van der Waals surface area contributed by atoms with Gasteiger partial charge in [0.1, 0.15) is 11.5 Å². The smallest absolute Gasteiger partial charge is 0.115 e. The molecule has 2 nitrogen and oxygen atoms in total. The Morgan fingerprint density at radius 1 is 0.600 bits per heavy atom. The van der Waals surface area contributed by atoms with E-state index in [1.54, 1.807) is 24.3 Å². The molecule has 0 spiro atoms. The molecular weight excluding hydrogens is 308 g/mol. The summed E-state index contributed by atoms with van der Waals surface area (Å²) in [7, 11) is 0. The molecule has 0 fully saturated rings. The van der Waals surface area contributed by atoms with Crippen LogP contribution in [0.2, 0.25) is 0 Å².